The maximum absolute atomic E-state index is 12.9. The number of ether oxygens (including phenoxy) is 1. The highest BCUT2D eigenvalue weighted by Gasteiger charge is 2.12. The number of hydrogen-bond acceptors (Lipinski definition) is 3. The fourth-order valence-electron chi connectivity index (χ4n) is 1.93. The number of methoxy groups -OCH3 is 1. The van der Waals surface area contributed by atoms with E-state index in [-0.39, 0.29) is 18.1 Å². The first kappa shape index (κ1) is 15.5. The maximum atomic E-state index is 12.9. The predicted octanol–water partition coefficient (Wildman–Crippen LogP) is 3.92. The molecule has 0 heterocycles. The first-order valence-corrected chi connectivity index (χ1v) is 7.14. The van der Waals surface area contributed by atoms with Crippen LogP contribution in [0.15, 0.2) is 46.9 Å². The summed E-state index contributed by atoms with van der Waals surface area (Å²) in [6.07, 6.45) is 0. The topological polar surface area (TPSA) is 29.5 Å². The SMILES string of the molecule is COc1ccc(C(=O)CN(C)c2ccc(F)cc2)cc1Br. The third-order valence-electron chi connectivity index (χ3n) is 3.12. The molecular formula is C16H15BrFNO2. The number of nitrogens with zero attached hydrogens (tertiary/aromatic N) is 1. The van der Waals surface area contributed by atoms with Crippen molar-refractivity contribution in [2.45, 2.75) is 0 Å². The Balaban J connectivity index is 2.10. The number of anilines is 1. The van der Waals surface area contributed by atoms with E-state index in [1.54, 1.807) is 49.4 Å². The Bertz CT molecular complexity index is 643. The zero-order valence-electron chi connectivity index (χ0n) is 11.8. The van der Waals surface area contributed by atoms with Crippen LogP contribution in [0.4, 0.5) is 10.1 Å². The number of likely N-dealkylation sites (N-methyl/N-ethyl adjacent to an activating group) is 1. The van der Waals surface area contributed by atoms with E-state index in [0.29, 0.717) is 11.3 Å². The van der Waals surface area contributed by atoms with Crippen LogP contribution in [0, 0.1) is 5.82 Å². The lowest BCUT2D eigenvalue weighted by molar-refractivity contribution is 0.100. The Morgan fingerprint density at radius 1 is 1.24 bits per heavy atom. The van der Waals surface area contributed by atoms with Crippen molar-refractivity contribution in [3.63, 3.8) is 0 Å². The second kappa shape index (κ2) is 6.72. The van der Waals surface area contributed by atoms with Gasteiger partial charge in [-0.1, -0.05) is 0 Å². The highest BCUT2D eigenvalue weighted by molar-refractivity contribution is 9.10. The molecule has 110 valence electrons. The lowest BCUT2D eigenvalue weighted by atomic mass is 10.1. The van der Waals surface area contributed by atoms with E-state index in [1.165, 1.54) is 12.1 Å². The fourth-order valence-corrected chi connectivity index (χ4v) is 2.47. The number of hydrogen-bond donors (Lipinski definition) is 0. The van der Waals surface area contributed by atoms with Crippen LogP contribution < -0.4 is 9.64 Å². The predicted molar refractivity (Wildman–Crippen MR) is 84.7 cm³/mol. The van der Waals surface area contributed by atoms with Crippen molar-refractivity contribution >= 4 is 27.4 Å². The Labute approximate surface area is 131 Å². The monoisotopic (exact) mass is 351 g/mol. The lowest BCUT2D eigenvalue weighted by Gasteiger charge is -2.18. The minimum atomic E-state index is -0.294. The molecule has 2 aromatic carbocycles. The molecule has 0 unspecified atom stereocenters. The van der Waals surface area contributed by atoms with Crippen LogP contribution in [0.2, 0.25) is 0 Å². The maximum Gasteiger partial charge on any atom is 0.182 e. The first-order valence-electron chi connectivity index (χ1n) is 6.34. The van der Waals surface area contributed by atoms with E-state index >= 15 is 0 Å². The number of benzene rings is 2. The molecular weight excluding hydrogens is 337 g/mol. The average molecular weight is 352 g/mol. The molecule has 0 aromatic heterocycles. The quantitative estimate of drug-likeness (QED) is 0.764. The Kier molecular flexibility index (Phi) is 4.96. The van der Waals surface area contributed by atoms with Gasteiger partial charge in [0.05, 0.1) is 18.1 Å². The summed E-state index contributed by atoms with van der Waals surface area (Å²) in [5.74, 6) is 0.362. The van der Waals surface area contributed by atoms with Gasteiger partial charge in [-0.2, -0.15) is 0 Å². The molecule has 0 bridgehead atoms. The van der Waals surface area contributed by atoms with Crippen molar-refractivity contribution in [2.24, 2.45) is 0 Å². The van der Waals surface area contributed by atoms with Gasteiger partial charge in [0.1, 0.15) is 11.6 Å². The lowest BCUT2D eigenvalue weighted by Crippen LogP contribution is -2.25. The summed E-state index contributed by atoms with van der Waals surface area (Å²) in [5.41, 5.74) is 1.38. The average Bonchev–Trinajstić information content (AvgIpc) is 2.47. The van der Waals surface area contributed by atoms with Gasteiger partial charge in [0.2, 0.25) is 0 Å². The summed E-state index contributed by atoms with van der Waals surface area (Å²) in [6.45, 7) is 0.213. The number of carbonyl (C=O) groups is 1. The molecule has 0 spiro atoms. The molecule has 21 heavy (non-hydrogen) atoms. The molecule has 5 heteroatoms. The van der Waals surface area contributed by atoms with E-state index in [0.717, 1.165) is 10.2 Å². The van der Waals surface area contributed by atoms with Crippen LogP contribution in [-0.4, -0.2) is 26.5 Å². The van der Waals surface area contributed by atoms with Gasteiger partial charge in [0, 0.05) is 18.3 Å². The van der Waals surface area contributed by atoms with E-state index < -0.39 is 0 Å². The molecule has 0 saturated heterocycles. The molecule has 2 aromatic rings. The highest BCUT2D eigenvalue weighted by Crippen LogP contribution is 2.26. The van der Waals surface area contributed by atoms with Gasteiger partial charge < -0.3 is 9.64 Å². The van der Waals surface area contributed by atoms with Crippen LogP contribution in [0.1, 0.15) is 10.4 Å². The van der Waals surface area contributed by atoms with E-state index in [2.05, 4.69) is 15.9 Å². The molecule has 0 amide bonds. The van der Waals surface area contributed by atoms with Crippen molar-refractivity contribution in [3.8, 4) is 5.75 Å². The van der Waals surface area contributed by atoms with Gasteiger partial charge >= 0.3 is 0 Å². The van der Waals surface area contributed by atoms with Crippen LogP contribution in [0.3, 0.4) is 0 Å². The second-order valence-corrected chi connectivity index (χ2v) is 5.46. The van der Waals surface area contributed by atoms with Gasteiger partial charge in [-0.3, -0.25) is 4.79 Å². The number of halogens is 2. The molecule has 0 saturated carbocycles. The normalized spacial score (nSPS) is 10.3. The standard InChI is InChI=1S/C16H15BrFNO2/c1-19(13-6-4-12(18)5-7-13)10-15(20)11-3-8-16(21-2)14(17)9-11/h3-9H,10H2,1-2H3. The highest BCUT2D eigenvalue weighted by atomic mass is 79.9. The zero-order valence-corrected chi connectivity index (χ0v) is 13.4. The molecule has 0 radical (unpaired) electrons. The molecule has 0 fully saturated rings. The summed E-state index contributed by atoms with van der Waals surface area (Å²) in [5, 5.41) is 0. The number of ketones is 1. The summed E-state index contributed by atoms with van der Waals surface area (Å²) in [4.78, 5) is 14.0. The van der Waals surface area contributed by atoms with E-state index in [1.807, 2.05) is 0 Å². The van der Waals surface area contributed by atoms with Crippen molar-refractivity contribution in [3.05, 3.63) is 58.3 Å². The van der Waals surface area contributed by atoms with Gasteiger partial charge in [-0.05, 0) is 58.4 Å². The summed E-state index contributed by atoms with van der Waals surface area (Å²) >= 11 is 3.36. The molecule has 0 N–H and O–H groups in total. The minimum Gasteiger partial charge on any atom is -0.496 e. The first-order chi connectivity index (χ1) is 10.0. The molecule has 0 aliphatic rings. The van der Waals surface area contributed by atoms with Gasteiger partial charge in [-0.25, -0.2) is 4.39 Å². The molecule has 0 aliphatic carbocycles. The van der Waals surface area contributed by atoms with Crippen LogP contribution in [0.5, 0.6) is 5.75 Å². The third-order valence-corrected chi connectivity index (χ3v) is 3.74. The van der Waals surface area contributed by atoms with Crippen molar-refractivity contribution in [1.82, 2.24) is 0 Å². The Morgan fingerprint density at radius 3 is 2.48 bits per heavy atom. The second-order valence-electron chi connectivity index (χ2n) is 4.60. The number of carbonyl (C=O) groups excluding carboxylic acids is 1. The van der Waals surface area contributed by atoms with E-state index in [9.17, 15) is 9.18 Å². The summed E-state index contributed by atoms with van der Waals surface area (Å²) in [6, 6.07) is 11.2. The summed E-state index contributed by atoms with van der Waals surface area (Å²) in [7, 11) is 3.37. The minimum absolute atomic E-state index is 0.0230. The van der Waals surface area contributed by atoms with Gasteiger partial charge in [0.15, 0.2) is 5.78 Å². The Morgan fingerprint density at radius 2 is 1.90 bits per heavy atom. The van der Waals surface area contributed by atoms with E-state index in [4.69, 9.17) is 4.74 Å². The zero-order chi connectivity index (χ0) is 15.4. The van der Waals surface area contributed by atoms with Crippen molar-refractivity contribution in [1.29, 1.82) is 0 Å². The molecule has 3 nitrogen and oxygen atoms in total. The van der Waals surface area contributed by atoms with Crippen LogP contribution in [0.25, 0.3) is 0 Å². The third kappa shape index (κ3) is 3.82. The molecule has 0 atom stereocenters. The number of rotatable bonds is 5. The fraction of sp³-hybridized carbons (Fsp3) is 0.188. The molecule has 2 rings (SSSR count). The van der Waals surface area contributed by atoms with Crippen molar-refractivity contribution < 1.29 is 13.9 Å². The Hall–Kier alpha value is -1.88. The van der Waals surface area contributed by atoms with Crippen LogP contribution >= 0.6 is 15.9 Å². The largest absolute Gasteiger partial charge is 0.496 e. The van der Waals surface area contributed by atoms with Crippen LogP contribution in [-0.2, 0) is 0 Å². The van der Waals surface area contributed by atoms with Crippen molar-refractivity contribution in [2.75, 3.05) is 25.6 Å². The molecule has 0 aliphatic heterocycles. The smallest absolute Gasteiger partial charge is 0.182 e. The summed E-state index contributed by atoms with van der Waals surface area (Å²) < 4.78 is 18.8. The van der Waals surface area contributed by atoms with Gasteiger partial charge in [0.25, 0.3) is 0 Å². The number of Topliss-reactive ketones (excluding diaryl/α,β-unsaturated/α-hetero) is 1. The van der Waals surface area contributed by atoms with Gasteiger partial charge in [-0.15, -0.1) is 0 Å².